The van der Waals surface area contributed by atoms with Gasteiger partial charge in [-0.05, 0) is 22.0 Å². The number of carbonyl (C=O) groups is 1. The molecule has 0 amide bonds. The first-order valence-electron chi connectivity index (χ1n) is 4.62. The lowest BCUT2D eigenvalue weighted by Crippen LogP contribution is -2.37. The Bertz CT molecular complexity index is 418. The van der Waals surface area contributed by atoms with Gasteiger partial charge in [0.1, 0.15) is 4.34 Å². The molecule has 0 aliphatic rings. The summed E-state index contributed by atoms with van der Waals surface area (Å²) in [5.41, 5.74) is 0. The fourth-order valence-corrected chi connectivity index (χ4v) is 3.14. The van der Waals surface area contributed by atoms with E-state index in [1.165, 1.54) is 0 Å². The highest BCUT2D eigenvalue weighted by Gasteiger charge is 2.31. The Morgan fingerprint density at radius 1 is 1.56 bits per heavy atom. The lowest BCUT2D eigenvalue weighted by Gasteiger charge is -2.20. The van der Waals surface area contributed by atoms with Crippen molar-refractivity contribution in [3.63, 3.8) is 0 Å². The van der Waals surface area contributed by atoms with Crippen molar-refractivity contribution in [2.24, 2.45) is 0 Å². The predicted molar refractivity (Wildman–Crippen MR) is 66.0 cm³/mol. The van der Waals surface area contributed by atoms with Crippen LogP contribution in [0.2, 0.25) is 4.34 Å². The zero-order valence-corrected chi connectivity index (χ0v) is 12.0. The van der Waals surface area contributed by atoms with E-state index in [0.717, 1.165) is 16.2 Å². The fourth-order valence-electron chi connectivity index (χ4n) is 1.30. The van der Waals surface area contributed by atoms with Crippen molar-refractivity contribution in [1.29, 1.82) is 0 Å². The second kappa shape index (κ2) is 6.23. The number of alkyl halides is 3. The lowest BCUT2D eigenvalue weighted by atomic mass is 10.4. The van der Waals surface area contributed by atoms with Crippen molar-refractivity contribution in [2.75, 3.05) is 13.1 Å². The van der Waals surface area contributed by atoms with Gasteiger partial charge in [0.05, 0.1) is 13.1 Å². The van der Waals surface area contributed by atoms with E-state index in [4.69, 9.17) is 16.7 Å². The molecule has 1 aromatic heterocycles. The molecule has 0 fully saturated rings. The highest BCUT2D eigenvalue weighted by molar-refractivity contribution is 9.10. The van der Waals surface area contributed by atoms with Crippen LogP contribution in [-0.2, 0) is 11.3 Å². The molecule has 0 unspecified atom stereocenters. The van der Waals surface area contributed by atoms with E-state index in [0.29, 0.717) is 13.7 Å². The quantitative estimate of drug-likeness (QED) is 0.865. The third-order valence-electron chi connectivity index (χ3n) is 1.84. The van der Waals surface area contributed by atoms with Gasteiger partial charge in [0.15, 0.2) is 0 Å². The van der Waals surface area contributed by atoms with Crippen molar-refractivity contribution in [3.8, 4) is 0 Å². The molecule has 0 spiro atoms. The molecule has 102 valence electrons. The van der Waals surface area contributed by atoms with Crippen LogP contribution in [0.15, 0.2) is 10.5 Å². The standard InChI is InChI=1S/C9H8BrClF3NO2S/c10-6-1-5(18-8(6)11)2-15(3-7(16)17)4-9(12,13)14/h1H,2-4H2,(H,16,17). The zero-order valence-electron chi connectivity index (χ0n) is 8.80. The first kappa shape index (κ1) is 15.7. The van der Waals surface area contributed by atoms with Gasteiger partial charge in [0, 0.05) is 15.9 Å². The Morgan fingerprint density at radius 2 is 2.17 bits per heavy atom. The van der Waals surface area contributed by atoms with Gasteiger partial charge < -0.3 is 5.11 Å². The molecule has 0 saturated heterocycles. The van der Waals surface area contributed by atoms with Crippen LogP contribution < -0.4 is 0 Å². The summed E-state index contributed by atoms with van der Waals surface area (Å²) in [6.07, 6.45) is -4.44. The van der Waals surface area contributed by atoms with Crippen LogP contribution in [0.5, 0.6) is 0 Å². The normalized spacial score (nSPS) is 12.1. The maximum atomic E-state index is 12.3. The summed E-state index contributed by atoms with van der Waals surface area (Å²) in [6, 6.07) is 1.58. The fraction of sp³-hybridized carbons (Fsp3) is 0.444. The summed E-state index contributed by atoms with van der Waals surface area (Å²) < 4.78 is 37.8. The smallest absolute Gasteiger partial charge is 0.401 e. The van der Waals surface area contributed by atoms with Crippen LogP contribution in [0.25, 0.3) is 0 Å². The molecule has 0 aliphatic carbocycles. The highest BCUT2D eigenvalue weighted by Crippen LogP contribution is 2.33. The summed E-state index contributed by atoms with van der Waals surface area (Å²) in [4.78, 5) is 11.9. The summed E-state index contributed by atoms with van der Waals surface area (Å²) >= 11 is 10.0. The largest absolute Gasteiger partial charge is 0.480 e. The van der Waals surface area contributed by atoms with E-state index in [1.54, 1.807) is 6.07 Å². The number of nitrogens with zero attached hydrogens (tertiary/aromatic N) is 1. The van der Waals surface area contributed by atoms with Crippen LogP contribution in [0.4, 0.5) is 13.2 Å². The minimum atomic E-state index is -4.44. The molecule has 9 heteroatoms. The van der Waals surface area contributed by atoms with Crippen molar-refractivity contribution in [2.45, 2.75) is 12.7 Å². The van der Waals surface area contributed by atoms with Gasteiger partial charge in [-0.15, -0.1) is 11.3 Å². The van der Waals surface area contributed by atoms with Crippen LogP contribution in [0.1, 0.15) is 4.88 Å². The molecule has 0 atom stereocenters. The van der Waals surface area contributed by atoms with Crippen molar-refractivity contribution >= 4 is 44.8 Å². The van der Waals surface area contributed by atoms with Gasteiger partial charge in [0.2, 0.25) is 0 Å². The number of hydrogen-bond donors (Lipinski definition) is 1. The molecule has 0 radical (unpaired) electrons. The number of carboxylic acid groups (broad SMARTS) is 1. The lowest BCUT2D eigenvalue weighted by molar-refractivity contribution is -0.154. The molecule has 3 nitrogen and oxygen atoms in total. The molecule has 0 aliphatic heterocycles. The van der Waals surface area contributed by atoms with Crippen LogP contribution in [-0.4, -0.2) is 35.2 Å². The van der Waals surface area contributed by atoms with Gasteiger partial charge in [-0.3, -0.25) is 9.69 Å². The zero-order chi connectivity index (χ0) is 13.9. The maximum absolute atomic E-state index is 12.3. The van der Waals surface area contributed by atoms with E-state index in [1.807, 2.05) is 0 Å². The third kappa shape index (κ3) is 5.55. The molecular weight excluding hydrogens is 359 g/mol. The molecule has 18 heavy (non-hydrogen) atoms. The molecular formula is C9H8BrClF3NO2S. The molecule has 1 rings (SSSR count). The summed E-state index contributed by atoms with van der Waals surface area (Å²) in [5.74, 6) is -1.30. The number of aliphatic carboxylic acids is 1. The van der Waals surface area contributed by atoms with E-state index >= 15 is 0 Å². The van der Waals surface area contributed by atoms with Crippen molar-refractivity contribution in [3.05, 3.63) is 19.8 Å². The van der Waals surface area contributed by atoms with Crippen LogP contribution in [0.3, 0.4) is 0 Å². The number of thiophene rings is 1. The van der Waals surface area contributed by atoms with Gasteiger partial charge in [-0.2, -0.15) is 13.2 Å². The minimum Gasteiger partial charge on any atom is -0.480 e. The Balaban J connectivity index is 2.74. The summed E-state index contributed by atoms with van der Waals surface area (Å²) in [5, 5.41) is 8.58. The summed E-state index contributed by atoms with van der Waals surface area (Å²) in [6.45, 7) is -2.05. The van der Waals surface area contributed by atoms with Gasteiger partial charge >= 0.3 is 12.1 Å². The average molecular weight is 367 g/mol. The van der Waals surface area contributed by atoms with Gasteiger partial charge in [-0.25, -0.2) is 0 Å². The molecule has 1 N–H and O–H groups in total. The number of halogens is 5. The van der Waals surface area contributed by atoms with Gasteiger partial charge in [-0.1, -0.05) is 11.6 Å². The maximum Gasteiger partial charge on any atom is 0.401 e. The molecule has 0 saturated carbocycles. The Kier molecular flexibility index (Phi) is 5.45. The first-order valence-corrected chi connectivity index (χ1v) is 6.61. The topological polar surface area (TPSA) is 40.5 Å². The number of carboxylic acids is 1. The Hall–Kier alpha value is -0.310. The monoisotopic (exact) mass is 365 g/mol. The number of hydrogen-bond acceptors (Lipinski definition) is 3. The molecule has 0 bridgehead atoms. The number of rotatable bonds is 5. The van der Waals surface area contributed by atoms with E-state index in [-0.39, 0.29) is 6.54 Å². The molecule has 1 heterocycles. The average Bonchev–Trinajstić information content (AvgIpc) is 2.40. The van der Waals surface area contributed by atoms with Crippen molar-refractivity contribution in [1.82, 2.24) is 4.90 Å². The molecule has 0 aromatic carbocycles. The second-order valence-corrected chi connectivity index (χ2v) is 6.08. The van der Waals surface area contributed by atoms with Gasteiger partial charge in [0.25, 0.3) is 0 Å². The predicted octanol–water partition coefficient (Wildman–Crippen LogP) is 3.61. The van der Waals surface area contributed by atoms with E-state index < -0.39 is 25.2 Å². The first-order chi connectivity index (χ1) is 8.17. The van der Waals surface area contributed by atoms with Crippen molar-refractivity contribution < 1.29 is 23.1 Å². The van der Waals surface area contributed by atoms with Crippen LogP contribution in [0, 0.1) is 0 Å². The third-order valence-corrected chi connectivity index (χ3v) is 4.30. The van der Waals surface area contributed by atoms with E-state index in [2.05, 4.69) is 15.9 Å². The second-order valence-electron chi connectivity index (χ2n) is 3.49. The summed E-state index contributed by atoms with van der Waals surface area (Å²) in [7, 11) is 0. The highest BCUT2D eigenvalue weighted by atomic mass is 79.9. The van der Waals surface area contributed by atoms with E-state index in [9.17, 15) is 18.0 Å². The minimum absolute atomic E-state index is 0.109. The Morgan fingerprint density at radius 3 is 2.56 bits per heavy atom. The molecule has 1 aromatic rings. The Labute approximate surface area is 118 Å². The SMILES string of the molecule is O=C(O)CN(Cc1cc(Br)c(Cl)s1)CC(F)(F)F. The van der Waals surface area contributed by atoms with Crippen LogP contribution >= 0.6 is 38.9 Å².